The maximum absolute atomic E-state index is 13.2. The fourth-order valence-corrected chi connectivity index (χ4v) is 3.16. The Kier molecular flexibility index (Phi) is 6.24. The molecular formula is C20H25FN4O2. The molecule has 1 N–H and O–H groups in total. The van der Waals surface area contributed by atoms with E-state index >= 15 is 0 Å². The van der Waals surface area contributed by atoms with Crippen molar-refractivity contribution in [3.63, 3.8) is 0 Å². The number of methoxy groups -OCH3 is 1. The maximum Gasteiger partial charge on any atom is 0.213 e. The second-order valence-electron chi connectivity index (χ2n) is 6.46. The Bertz CT molecular complexity index is 782. The standard InChI is InChI=1S/C20H25FN4O2/c1-14-12-25(13-18(27-14)15-7-9-16(21)10-8-15)20(22-2)23-11-17-5-4-6-19(24-17)26-3/h4-10,14,18H,11-13H2,1-3H3,(H,22,23). The van der Waals surface area contributed by atoms with Gasteiger partial charge in [0.1, 0.15) is 11.9 Å². The molecule has 1 aliphatic rings. The monoisotopic (exact) mass is 372 g/mol. The van der Waals surface area contributed by atoms with Crippen LogP contribution in [0.15, 0.2) is 47.5 Å². The van der Waals surface area contributed by atoms with E-state index < -0.39 is 0 Å². The first-order chi connectivity index (χ1) is 13.1. The number of nitrogens with zero attached hydrogens (tertiary/aromatic N) is 3. The molecule has 0 radical (unpaired) electrons. The second-order valence-corrected chi connectivity index (χ2v) is 6.46. The quantitative estimate of drug-likeness (QED) is 0.661. The summed E-state index contributed by atoms with van der Waals surface area (Å²) in [5.74, 6) is 1.12. The summed E-state index contributed by atoms with van der Waals surface area (Å²) in [6.45, 7) is 3.93. The third kappa shape index (κ3) is 4.95. The summed E-state index contributed by atoms with van der Waals surface area (Å²) in [4.78, 5) is 11.0. The number of pyridine rings is 1. The average Bonchev–Trinajstić information content (AvgIpc) is 2.69. The smallest absolute Gasteiger partial charge is 0.213 e. The van der Waals surface area contributed by atoms with Crippen LogP contribution in [-0.2, 0) is 11.3 Å². The highest BCUT2D eigenvalue weighted by molar-refractivity contribution is 5.80. The summed E-state index contributed by atoms with van der Waals surface area (Å²) in [5, 5.41) is 3.35. The van der Waals surface area contributed by atoms with Gasteiger partial charge in [-0.2, -0.15) is 0 Å². The summed E-state index contributed by atoms with van der Waals surface area (Å²) in [6.07, 6.45) is -0.106. The van der Waals surface area contributed by atoms with Gasteiger partial charge < -0.3 is 19.7 Å². The van der Waals surface area contributed by atoms with Crippen molar-refractivity contribution in [2.45, 2.75) is 25.7 Å². The first kappa shape index (κ1) is 19.1. The molecule has 1 saturated heterocycles. The van der Waals surface area contributed by atoms with Gasteiger partial charge in [0.15, 0.2) is 5.96 Å². The minimum Gasteiger partial charge on any atom is -0.481 e. The molecule has 1 aliphatic heterocycles. The molecule has 6 nitrogen and oxygen atoms in total. The molecule has 0 bridgehead atoms. The molecule has 27 heavy (non-hydrogen) atoms. The van der Waals surface area contributed by atoms with Gasteiger partial charge in [-0.1, -0.05) is 18.2 Å². The van der Waals surface area contributed by atoms with E-state index in [9.17, 15) is 4.39 Å². The fraction of sp³-hybridized carbons (Fsp3) is 0.400. The number of ether oxygens (including phenoxy) is 2. The van der Waals surface area contributed by atoms with Crippen LogP contribution in [0.25, 0.3) is 0 Å². The third-order valence-electron chi connectivity index (χ3n) is 4.43. The fourth-order valence-electron chi connectivity index (χ4n) is 3.16. The van der Waals surface area contributed by atoms with Gasteiger partial charge >= 0.3 is 0 Å². The van der Waals surface area contributed by atoms with Crippen molar-refractivity contribution in [3.05, 3.63) is 59.5 Å². The second kappa shape index (κ2) is 8.81. The molecule has 144 valence electrons. The number of aliphatic imine (C=N–C) groups is 1. The van der Waals surface area contributed by atoms with Crippen molar-refractivity contribution in [1.82, 2.24) is 15.2 Å². The molecule has 3 rings (SSSR count). The summed E-state index contributed by atoms with van der Waals surface area (Å²) in [5.41, 5.74) is 1.82. The molecule has 1 fully saturated rings. The molecular weight excluding hydrogens is 347 g/mol. The lowest BCUT2D eigenvalue weighted by atomic mass is 10.1. The number of aromatic nitrogens is 1. The van der Waals surface area contributed by atoms with Crippen LogP contribution in [0.3, 0.4) is 0 Å². The van der Waals surface area contributed by atoms with E-state index in [2.05, 4.69) is 20.2 Å². The molecule has 2 atom stereocenters. The number of morpholine rings is 1. The SMILES string of the molecule is CN=C(NCc1cccc(OC)n1)N1CC(C)OC(c2ccc(F)cc2)C1. The summed E-state index contributed by atoms with van der Waals surface area (Å²) >= 11 is 0. The maximum atomic E-state index is 13.2. The number of hydrogen-bond donors (Lipinski definition) is 1. The van der Waals surface area contributed by atoms with Crippen molar-refractivity contribution in [1.29, 1.82) is 0 Å². The lowest BCUT2D eigenvalue weighted by Gasteiger charge is -2.38. The molecule has 0 amide bonds. The van der Waals surface area contributed by atoms with Crippen LogP contribution in [0.4, 0.5) is 4.39 Å². The average molecular weight is 372 g/mol. The molecule has 1 aromatic carbocycles. The number of halogens is 1. The summed E-state index contributed by atoms with van der Waals surface area (Å²) < 4.78 is 24.4. The van der Waals surface area contributed by atoms with Crippen LogP contribution >= 0.6 is 0 Å². The predicted molar refractivity (Wildman–Crippen MR) is 102 cm³/mol. The Balaban J connectivity index is 1.67. The minimum absolute atomic E-state index is 0.0299. The minimum atomic E-state index is -0.247. The Morgan fingerprint density at radius 1 is 1.30 bits per heavy atom. The van der Waals surface area contributed by atoms with E-state index in [1.165, 1.54) is 12.1 Å². The number of nitrogens with one attached hydrogen (secondary N) is 1. The Hall–Kier alpha value is -2.67. The van der Waals surface area contributed by atoms with Gasteiger partial charge in [-0.05, 0) is 30.7 Å². The highest BCUT2D eigenvalue weighted by Gasteiger charge is 2.28. The van der Waals surface area contributed by atoms with E-state index in [4.69, 9.17) is 9.47 Å². The molecule has 7 heteroatoms. The molecule has 2 aromatic rings. The zero-order valence-electron chi connectivity index (χ0n) is 15.9. The molecule has 2 heterocycles. The van der Waals surface area contributed by atoms with Crippen molar-refractivity contribution >= 4 is 5.96 Å². The van der Waals surface area contributed by atoms with Crippen molar-refractivity contribution in [3.8, 4) is 5.88 Å². The number of guanidine groups is 1. The van der Waals surface area contributed by atoms with Gasteiger partial charge in [-0.3, -0.25) is 4.99 Å². The van der Waals surface area contributed by atoms with Crippen LogP contribution in [0.5, 0.6) is 5.88 Å². The molecule has 0 aliphatic carbocycles. The highest BCUT2D eigenvalue weighted by atomic mass is 19.1. The lowest BCUT2D eigenvalue weighted by molar-refractivity contribution is -0.0605. The number of benzene rings is 1. The van der Waals surface area contributed by atoms with Crippen molar-refractivity contribution in [2.24, 2.45) is 4.99 Å². The first-order valence-corrected chi connectivity index (χ1v) is 8.95. The Labute approximate surface area is 159 Å². The van der Waals surface area contributed by atoms with E-state index in [0.29, 0.717) is 19.0 Å². The van der Waals surface area contributed by atoms with E-state index in [-0.39, 0.29) is 18.0 Å². The normalized spacial score (nSPS) is 20.4. The molecule has 0 saturated carbocycles. The molecule has 0 spiro atoms. The Morgan fingerprint density at radius 3 is 2.78 bits per heavy atom. The number of rotatable bonds is 4. The lowest BCUT2D eigenvalue weighted by Crippen LogP contribution is -2.50. The van der Waals surface area contributed by atoms with Crippen LogP contribution in [0.2, 0.25) is 0 Å². The third-order valence-corrected chi connectivity index (χ3v) is 4.43. The Morgan fingerprint density at radius 2 is 2.07 bits per heavy atom. The van der Waals surface area contributed by atoms with E-state index in [1.807, 2.05) is 25.1 Å². The van der Waals surface area contributed by atoms with Crippen molar-refractivity contribution < 1.29 is 13.9 Å². The predicted octanol–water partition coefficient (Wildman–Crippen LogP) is 2.77. The zero-order valence-corrected chi connectivity index (χ0v) is 15.9. The van der Waals surface area contributed by atoms with Gasteiger partial charge in [0.05, 0.1) is 32.0 Å². The van der Waals surface area contributed by atoms with Gasteiger partial charge in [0.25, 0.3) is 0 Å². The van der Waals surface area contributed by atoms with Crippen LogP contribution in [-0.4, -0.2) is 49.2 Å². The zero-order chi connectivity index (χ0) is 19.2. The van der Waals surface area contributed by atoms with Crippen LogP contribution < -0.4 is 10.1 Å². The largest absolute Gasteiger partial charge is 0.481 e. The highest BCUT2D eigenvalue weighted by Crippen LogP contribution is 2.25. The van der Waals surface area contributed by atoms with Gasteiger partial charge in [-0.25, -0.2) is 9.37 Å². The number of hydrogen-bond acceptors (Lipinski definition) is 4. The van der Waals surface area contributed by atoms with Gasteiger partial charge in [0, 0.05) is 19.7 Å². The van der Waals surface area contributed by atoms with Gasteiger partial charge in [-0.15, -0.1) is 0 Å². The summed E-state index contributed by atoms with van der Waals surface area (Å²) in [7, 11) is 3.36. The van der Waals surface area contributed by atoms with Gasteiger partial charge in [0.2, 0.25) is 5.88 Å². The summed E-state index contributed by atoms with van der Waals surface area (Å²) in [6, 6.07) is 12.1. The van der Waals surface area contributed by atoms with E-state index in [1.54, 1.807) is 26.3 Å². The molecule has 1 aromatic heterocycles. The van der Waals surface area contributed by atoms with Crippen LogP contribution in [0, 0.1) is 5.82 Å². The topological polar surface area (TPSA) is 59.0 Å². The first-order valence-electron chi connectivity index (χ1n) is 8.95. The molecule has 2 unspecified atom stereocenters. The van der Waals surface area contributed by atoms with Crippen LogP contribution in [0.1, 0.15) is 24.3 Å². The van der Waals surface area contributed by atoms with Crippen molar-refractivity contribution in [2.75, 3.05) is 27.2 Å². The van der Waals surface area contributed by atoms with E-state index in [0.717, 1.165) is 23.8 Å².